The minimum atomic E-state index is -0.0318. The molecule has 0 bridgehead atoms. The number of rotatable bonds is 5. The highest BCUT2D eigenvalue weighted by atomic mass is 32.1. The Morgan fingerprint density at radius 3 is 2.91 bits per heavy atom. The molecule has 3 heterocycles. The van der Waals surface area contributed by atoms with Crippen molar-refractivity contribution in [3.63, 3.8) is 0 Å². The maximum absolute atomic E-state index is 12.1. The highest BCUT2D eigenvalue weighted by molar-refractivity contribution is 7.21. The van der Waals surface area contributed by atoms with Crippen LogP contribution in [0.25, 0.3) is 20.9 Å². The predicted molar refractivity (Wildman–Crippen MR) is 90.5 cm³/mol. The van der Waals surface area contributed by atoms with E-state index in [2.05, 4.69) is 15.0 Å². The lowest BCUT2D eigenvalue weighted by molar-refractivity contribution is -0.119. The van der Waals surface area contributed by atoms with Crippen molar-refractivity contribution in [3.8, 4) is 10.6 Å². The summed E-state index contributed by atoms with van der Waals surface area (Å²) >= 11 is 1.49. The smallest absolute Gasteiger partial charge is 0.230 e. The van der Waals surface area contributed by atoms with Crippen molar-refractivity contribution in [1.82, 2.24) is 15.0 Å². The molecule has 23 heavy (non-hydrogen) atoms. The second kappa shape index (κ2) is 6.80. The summed E-state index contributed by atoms with van der Waals surface area (Å²) in [5, 5.41) is 0.867. The minimum Gasteiger partial charge on any atom is -0.384 e. The van der Waals surface area contributed by atoms with Crippen LogP contribution < -0.4 is 4.90 Å². The number of aromatic nitrogens is 3. The van der Waals surface area contributed by atoms with Crippen molar-refractivity contribution >= 4 is 33.4 Å². The Hall–Kier alpha value is -2.38. The summed E-state index contributed by atoms with van der Waals surface area (Å²) in [6.45, 7) is 0.400. The minimum absolute atomic E-state index is 0.0318. The van der Waals surface area contributed by atoms with Crippen LogP contribution in [0, 0.1) is 0 Å². The standard InChI is InChI=1S/C16H16N4O2S/c1-20(14(21)7-9-22-2)13-6-5-12-16(19-13)23-15(18-12)11-4-3-8-17-10-11/h3-6,8,10H,7,9H2,1-2H3. The summed E-state index contributed by atoms with van der Waals surface area (Å²) in [5.74, 6) is 0.579. The number of hydrogen-bond acceptors (Lipinski definition) is 6. The lowest BCUT2D eigenvalue weighted by Gasteiger charge is -2.15. The number of amides is 1. The van der Waals surface area contributed by atoms with Crippen LogP contribution in [-0.2, 0) is 9.53 Å². The van der Waals surface area contributed by atoms with Gasteiger partial charge in [-0.2, -0.15) is 0 Å². The predicted octanol–water partition coefficient (Wildman–Crippen LogP) is 2.75. The molecule has 0 N–H and O–H groups in total. The number of anilines is 1. The molecule has 0 atom stereocenters. The van der Waals surface area contributed by atoms with Crippen LogP contribution in [0.4, 0.5) is 5.82 Å². The maximum atomic E-state index is 12.1. The van der Waals surface area contributed by atoms with Gasteiger partial charge in [0, 0.05) is 32.1 Å². The molecule has 3 aromatic heterocycles. The number of carbonyl (C=O) groups excluding carboxylic acids is 1. The van der Waals surface area contributed by atoms with E-state index in [9.17, 15) is 4.79 Å². The lowest BCUT2D eigenvalue weighted by Crippen LogP contribution is -2.27. The van der Waals surface area contributed by atoms with Gasteiger partial charge in [-0.1, -0.05) is 11.3 Å². The van der Waals surface area contributed by atoms with Gasteiger partial charge < -0.3 is 4.74 Å². The quantitative estimate of drug-likeness (QED) is 0.720. The van der Waals surface area contributed by atoms with Gasteiger partial charge in [0.05, 0.1) is 13.0 Å². The molecule has 3 rings (SSSR count). The Morgan fingerprint density at radius 2 is 2.17 bits per heavy atom. The second-order valence-corrected chi connectivity index (χ2v) is 5.93. The van der Waals surface area contributed by atoms with Gasteiger partial charge in [-0.15, -0.1) is 0 Å². The maximum Gasteiger partial charge on any atom is 0.230 e. The van der Waals surface area contributed by atoms with Crippen molar-refractivity contribution in [2.75, 3.05) is 25.7 Å². The van der Waals surface area contributed by atoms with Gasteiger partial charge in [0.25, 0.3) is 0 Å². The molecule has 0 aliphatic rings. The Kier molecular flexibility index (Phi) is 4.59. The Morgan fingerprint density at radius 1 is 1.30 bits per heavy atom. The number of methoxy groups -OCH3 is 1. The topological polar surface area (TPSA) is 68.2 Å². The van der Waals surface area contributed by atoms with Gasteiger partial charge in [-0.3, -0.25) is 14.7 Å². The lowest BCUT2D eigenvalue weighted by atomic mass is 10.3. The zero-order valence-electron chi connectivity index (χ0n) is 12.9. The van der Waals surface area contributed by atoms with Crippen LogP contribution in [-0.4, -0.2) is 41.6 Å². The number of pyridine rings is 2. The first-order valence-electron chi connectivity index (χ1n) is 7.12. The van der Waals surface area contributed by atoms with E-state index in [0.29, 0.717) is 18.8 Å². The van der Waals surface area contributed by atoms with Crippen LogP contribution in [0.2, 0.25) is 0 Å². The van der Waals surface area contributed by atoms with Gasteiger partial charge in [0.2, 0.25) is 5.91 Å². The molecular weight excluding hydrogens is 312 g/mol. The highest BCUT2D eigenvalue weighted by Crippen LogP contribution is 2.29. The summed E-state index contributed by atoms with van der Waals surface area (Å²) in [7, 11) is 3.30. The molecule has 0 unspecified atom stereocenters. The average molecular weight is 328 g/mol. The van der Waals surface area contributed by atoms with Crippen LogP contribution in [0.3, 0.4) is 0 Å². The van der Waals surface area contributed by atoms with E-state index in [0.717, 1.165) is 20.9 Å². The molecule has 0 saturated heterocycles. The summed E-state index contributed by atoms with van der Waals surface area (Å²) < 4.78 is 4.94. The third-order valence-electron chi connectivity index (χ3n) is 3.39. The monoisotopic (exact) mass is 328 g/mol. The zero-order valence-corrected chi connectivity index (χ0v) is 13.7. The average Bonchev–Trinajstić information content (AvgIpc) is 3.03. The number of nitrogens with zero attached hydrogens (tertiary/aromatic N) is 4. The van der Waals surface area contributed by atoms with Gasteiger partial charge in [0.1, 0.15) is 21.2 Å². The van der Waals surface area contributed by atoms with E-state index in [1.165, 1.54) is 11.3 Å². The molecule has 0 saturated carbocycles. The summed E-state index contributed by atoms with van der Waals surface area (Å²) in [6.07, 6.45) is 3.84. The first-order chi connectivity index (χ1) is 11.2. The van der Waals surface area contributed by atoms with Gasteiger partial charge >= 0.3 is 0 Å². The SMILES string of the molecule is COCCC(=O)N(C)c1ccc2nc(-c3cccnc3)sc2n1. The molecule has 118 valence electrons. The number of ether oxygens (including phenoxy) is 1. The van der Waals surface area contributed by atoms with Gasteiger partial charge in [0.15, 0.2) is 0 Å². The number of carbonyl (C=O) groups is 1. The fourth-order valence-electron chi connectivity index (χ4n) is 2.09. The summed E-state index contributed by atoms with van der Waals surface area (Å²) in [6, 6.07) is 7.53. The van der Waals surface area contributed by atoms with E-state index in [1.807, 2.05) is 18.2 Å². The molecule has 0 radical (unpaired) electrons. The van der Waals surface area contributed by atoms with E-state index in [-0.39, 0.29) is 5.91 Å². The summed E-state index contributed by atoms with van der Waals surface area (Å²) in [5.41, 5.74) is 1.77. The fraction of sp³-hybridized carbons (Fsp3) is 0.250. The second-order valence-electron chi connectivity index (χ2n) is 4.95. The Labute approximate surface area is 137 Å². The molecule has 7 heteroatoms. The number of thiazole rings is 1. The molecule has 6 nitrogen and oxygen atoms in total. The van der Waals surface area contributed by atoms with Gasteiger partial charge in [-0.25, -0.2) is 9.97 Å². The van der Waals surface area contributed by atoms with E-state index >= 15 is 0 Å². The third kappa shape index (κ3) is 3.35. The normalized spacial score (nSPS) is 10.9. The van der Waals surface area contributed by atoms with Crippen LogP contribution in [0.15, 0.2) is 36.7 Å². The van der Waals surface area contributed by atoms with Crippen molar-refractivity contribution in [1.29, 1.82) is 0 Å². The molecular formula is C16H16N4O2S. The molecule has 0 spiro atoms. The Balaban J connectivity index is 1.89. The highest BCUT2D eigenvalue weighted by Gasteiger charge is 2.14. The largest absolute Gasteiger partial charge is 0.384 e. The molecule has 3 aromatic rings. The zero-order chi connectivity index (χ0) is 16.2. The number of fused-ring (bicyclic) bond motifs is 1. The molecule has 0 aliphatic carbocycles. The van der Waals surface area contributed by atoms with Crippen molar-refractivity contribution in [3.05, 3.63) is 36.7 Å². The summed E-state index contributed by atoms with van der Waals surface area (Å²) in [4.78, 5) is 27.6. The molecule has 0 aromatic carbocycles. The number of hydrogen-bond donors (Lipinski definition) is 0. The first kappa shape index (κ1) is 15.5. The fourth-order valence-corrected chi connectivity index (χ4v) is 3.01. The van der Waals surface area contributed by atoms with Crippen LogP contribution in [0.1, 0.15) is 6.42 Å². The third-order valence-corrected chi connectivity index (χ3v) is 4.40. The first-order valence-corrected chi connectivity index (χ1v) is 7.94. The molecule has 1 amide bonds. The Bertz CT molecular complexity index is 819. The molecule has 0 fully saturated rings. The van der Waals surface area contributed by atoms with E-state index in [1.54, 1.807) is 37.5 Å². The van der Waals surface area contributed by atoms with E-state index < -0.39 is 0 Å². The van der Waals surface area contributed by atoms with Crippen molar-refractivity contribution < 1.29 is 9.53 Å². The van der Waals surface area contributed by atoms with Crippen molar-refractivity contribution in [2.24, 2.45) is 0 Å². The van der Waals surface area contributed by atoms with Crippen LogP contribution >= 0.6 is 11.3 Å². The van der Waals surface area contributed by atoms with Gasteiger partial charge in [-0.05, 0) is 24.3 Å². The van der Waals surface area contributed by atoms with E-state index in [4.69, 9.17) is 4.74 Å². The van der Waals surface area contributed by atoms with Crippen molar-refractivity contribution in [2.45, 2.75) is 6.42 Å². The van der Waals surface area contributed by atoms with Crippen LogP contribution in [0.5, 0.6) is 0 Å². The molecule has 0 aliphatic heterocycles.